The van der Waals surface area contributed by atoms with Crippen molar-refractivity contribution in [2.24, 2.45) is 0 Å². The third-order valence-corrected chi connectivity index (χ3v) is 7.16. The van der Waals surface area contributed by atoms with E-state index in [0.717, 1.165) is 39.7 Å². The first-order valence-electron chi connectivity index (χ1n) is 11.5. The summed E-state index contributed by atoms with van der Waals surface area (Å²) >= 11 is 13.8. The molecule has 5 rings (SSSR count). The van der Waals surface area contributed by atoms with Crippen molar-refractivity contribution in [1.82, 2.24) is 9.88 Å². The number of alkyl halides is 1. The molecule has 1 unspecified atom stereocenters. The van der Waals surface area contributed by atoms with Crippen LogP contribution in [0.4, 0.5) is 4.39 Å². The minimum atomic E-state index is -1.40. The zero-order valence-corrected chi connectivity index (χ0v) is 20.9. The van der Waals surface area contributed by atoms with Crippen molar-refractivity contribution in [3.05, 3.63) is 93.1 Å². The van der Waals surface area contributed by atoms with Gasteiger partial charge in [-0.25, -0.2) is 9.18 Å². The van der Waals surface area contributed by atoms with Crippen LogP contribution >= 0.6 is 23.2 Å². The molecule has 1 aromatic heterocycles. The number of para-hydroxylation sites is 1. The molecule has 0 saturated carbocycles. The van der Waals surface area contributed by atoms with Crippen LogP contribution in [0.2, 0.25) is 10.0 Å². The number of H-pyrrole nitrogens is 1. The molecule has 0 radical (unpaired) electrons. The second kappa shape index (κ2) is 8.98. The van der Waals surface area contributed by atoms with E-state index in [0.29, 0.717) is 16.6 Å². The van der Waals surface area contributed by atoms with Crippen LogP contribution in [0.3, 0.4) is 0 Å². The summed E-state index contributed by atoms with van der Waals surface area (Å²) in [5.41, 5.74) is 4.37. The summed E-state index contributed by atoms with van der Waals surface area (Å²) in [6.45, 7) is 4.07. The maximum absolute atomic E-state index is 14.9. The first kappa shape index (κ1) is 23.9. The van der Waals surface area contributed by atoms with E-state index in [-0.39, 0.29) is 18.2 Å². The van der Waals surface area contributed by atoms with Crippen LogP contribution in [0.15, 0.2) is 60.7 Å². The van der Waals surface area contributed by atoms with Crippen LogP contribution in [-0.2, 0) is 6.42 Å². The molecule has 1 atom stereocenters. The molecular formula is C28H25Cl2FN2O2. The number of aromatic amines is 1. The van der Waals surface area contributed by atoms with Crippen molar-refractivity contribution in [2.75, 3.05) is 13.1 Å². The largest absolute Gasteiger partial charge is 0.478 e. The van der Waals surface area contributed by atoms with Gasteiger partial charge in [-0.15, -0.1) is 0 Å². The summed E-state index contributed by atoms with van der Waals surface area (Å²) in [4.78, 5) is 16.9. The Kier molecular flexibility index (Phi) is 6.12. The minimum Gasteiger partial charge on any atom is -0.478 e. The van der Waals surface area contributed by atoms with Crippen LogP contribution in [0.25, 0.3) is 22.0 Å². The normalized spacial score (nSPS) is 16.4. The monoisotopic (exact) mass is 510 g/mol. The summed E-state index contributed by atoms with van der Waals surface area (Å²) in [5, 5.41) is 11.3. The van der Waals surface area contributed by atoms with E-state index in [4.69, 9.17) is 23.2 Å². The minimum absolute atomic E-state index is 0.209. The number of carboxylic acids is 1. The lowest BCUT2D eigenvalue weighted by Crippen LogP contribution is -2.43. The van der Waals surface area contributed by atoms with Gasteiger partial charge in [-0.3, -0.25) is 4.90 Å². The van der Waals surface area contributed by atoms with Crippen molar-refractivity contribution in [1.29, 1.82) is 0 Å². The zero-order valence-electron chi connectivity index (χ0n) is 19.4. The molecule has 0 saturated heterocycles. The molecule has 180 valence electrons. The number of aromatic nitrogens is 1. The quantitative estimate of drug-likeness (QED) is 0.291. The van der Waals surface area contributed by atoms with Crippen LogP contribution in [-0.4, -0.2) is 39.7 Å². The number of nitrogens with one attached hydrogen (secondary N) is 1. The predicted octanol–water partition coefficient (Wildman–Crippen LogP) is 7.54. The Morgan fingerprint density at radius 1 is 1.09 bits per heavy atom. The van der Waals surface area contributed by atoms with Crippen LogP contribution in [0, 0.1) is 0 Å². The standard InChI is InChI=1S/C28H25Cl2FN2O2/c1-28(2,31)15-33-12-11-20-19-5-3-4-6-23(19)32-25(20)26(33)24-21(29)13-18(14-22(24)30)16-7-9-17(10-8-16)27(34)35/h3-10,13-14,26,32H,11-12,15H2,1-2H3,(H,34,35). The first-order valence-corrected chi connectivity index (χ1v) is 12.2. The summed E-state index contributed by atoms with van der Waals surface area (Å²) in [7, 11) is 0. The van der Waals surface area contributed by atoms with Crippen LogP contribution in [0.5, 0.6) is 0 Å². The van der Waals surface area contributed by atoms with Gasteiger partial charge >= 0.3 is 5.97 Å². The molecule has 3 aromatic carbocycles. The molecule has 0 spiro atoms. The summed E-state index contributed by atoms with van der Waals surface area (Å²) in [5.74, 6) is -0.981. The van der Waals surface area contributed by atoms with Gasteiger partial charge in [0.1, 0.15) is 5.67 Å². The van der Waals surface area contributed by atoms with Crippen LogP contribution < -0.4 is 0 Å². The Morgan fingerprint density at radius 3 is 2.37 bits per heavy atom. The molecule has 2 heterocycles. The number of carbonyl (C=O) groups is 1. The molecule has 1 aliphatic rings. The number of rotatable bonds is 5. The van der Waals surface area contributed by atoms with E-state index in [9.17, 15) is 14.3 Å². The highest BCUT2D eigenvalue weighted by atomic mass is 35.5. The molecule has 1 aliphatic heterocycles. The SMILES string of the molecule is CC(C)(F)CN1CCc2c([nH]c3ccccc23)C1c1c(Cl)cc(-c2ccc(C(=O)O)cc2)cc1Cl. The maximum atomic E-state index is 14.9. The Bertz CT molecular complexity index is 1400. The van der Waals surface area contributed by atoms with Gasteiger partial charge in [0.2, 0.25) is 0 Å². The molecular weight excluding hydrogens is 486 g/mol. The van der Waals surface area contributed by atoms with E-state index in [1.54, 1.807) is 38.1 Å². The Labute approximate surface area is 213 Å². The van der Waals surface area contributed by atoms with Gasteiger partial charge in [-0.05, 0) is 67.3 Å². The molecule has 35 heavy (non-hydrogen) atoms. The number of benzene rings is 3. The highest BCUT2D eigenvalue weighted by Gasteiger charge is 2.37. The van der Waals surface area contributed by atoms with Gasteiger partial charge in [0.15, 0.2) is 0 Å². The van der Waals surface area contributed by atoms with Gasteiger partial charge < -0.3 is 10.1 Å². The number of carboxylic acid groups (broad SMARTS) is 1. The van der Waals surface area contributed by atoms with Crippen molar-refractivity contribution >= 4 is 40.1 Å². The van der Waals surface area contributed by atoms with Crippen molar-refractivity contribution in [2.45, 2.75) is 32.0 Å². The average Bonchev–Trinajstić information content (AvgIpc) is 3.17. The third-order valence-electron chi connectivity index (χ3n) is 6.53. The van der Waals surface area contributed by atoms with Gasteiger partial charge in [0.25, 0.3) is 0 Å². The van der Waals surface area contributed by atoms with Crippen molar-refractivity contribution < 1.29 is 14.3 Å². The fourth-order valence-electron chi connectivity index (χ4n) is 5.09. The van der Waals surface area contributed by atoms with Crippen molar-refractivity contribution in [3.63, 3.8) is 0 Å². The lowest BCUT2D eigenvalue weighted by atomic mass is 9.90. The number of fused-ring (bicyclic) bond motifs is 3. The molecule has 0 aliphatic carbocycles. The van der Waals surface area contributed by atoms with Gasteiger partial charge in [-0.2, -0.15) is 0 Å². The highest BCUT2D eigenvalue weighted by Crippen LogP contribution is 2.45. The topological polar surface area (TPSA) is 56.3 Å². The summed E-state index contributed by atoms with van der Waals surface area (Å²) in [6.07, 6.45) is 0.801. The second-order valence-corrected chi connectivity index (χ2v) is 10.5. The molecule has 0 amide bonds. The van der Waals surface area contributed by atoms with E-state index in [2.05, 4.69) is 16.0 Å². The van der Waals surface area contributed by atoms with Crippen molar-refractivity contribution in [3.8, 4) is 11.1 Å². The number of aromatic carboxylic acids is 1. The van der Waals surface area contributed by atoms with E-state index >= 15 is 0 Å². The number of hydrogen-bond acceptors (Lipinski definition) is 2. The predicted molar refractivity (Wildman–Crippen MR) is 139 cm³/mol. The lowest BCUT2D eigenvalue weighted by Gasteiger charge is -2.39. The molecule has 0 fully saturated rings. The van der Waals surface area contributed by atoms with E-state index in [1.165, 1.54) is 5.56 Å². The van der Waals surface area contributed by atoms with Gasteiger partial charge in [0.05, 0.1) is 11.6 Å². The number of nitrogens with zero attached hydrogens (tertiary/aromatic N) is 1. The second-order valence-electron chi connectivity index (χ2n) is 9.64. The third kappa shape index (κ3) is 4.56. The lowest BCUT2D eigenvalue weighted by molar-refractivity contribution is 0.0697. The Morgan fingerprint density at radius 2 is 1.74 bits per heavy atom. The number of halogens is 3. The first-order chi connectivity index (χ1) is 16.6. The Balaban J connectivity index is 1.63. The maximum Gasteiger partial charge on any atom is 0.335 e. The van der Waals surface area contributed by atoms with Crippen LogP contribution in [0.1, 0.15) is 47.1 Å². The smallest absolute Gasteiger partial charge is 0.335 e. The fraction of sp³-hybridized carbons (Fsp3) is 0.250. The Hall–Kier alpha value is -2.86. The highest BCUT2D eigenvalue weighted by molar-refractivity contribution is 6.36. The molecule has 2 N–H and O–H groups in total. The average molecular weight is 511 g/mol. The van der Waals surface area contributed by atoms with E-state index in [1.807, 2.05) is 30.3 Å². The molecule has 0 bridgehead atoms. The van der Waals surface area contributed by atoms with E-state index < -0.39 is 11.6 Å². The fourth-order valence-corrected chi connectivity index (χ4v) is 5.78. The molecule has 4 nitrogen and oxygen atoms in total. The zero-order chi connectivity index (χ0) is 24.9. The number of hydrogen-bond donors (Lipinski definition) is 2. The molecule has 4 aromatic rings. The van der Waals surface area contributed by atoms with Gasteiger partial charge in [-0.1, -0.05) is 53.5 Å². The molecule has 7 heteroatoms. The summed E-state index contributed by atoms with van der Waals surface area (Å²) < 4.78 is 14.9. The summed E-state index contributed by atoms with van der Waals surface area (Å²) in [6, 6.07) is 18.1. The van der Waals surface area contributed by atoms with Gasteiger partial charge in [0, 0.05) is 45.3 Å².